The van der Waals surface area contributed by atoms with Crippen LogP contribution in [-0.4, -0.2) is 51.5 Å². The van der Waals surface area contributed by atoms with E-state index < -0.39 is 4.92 Å². The molecule has 1 atom stereocenters. The summed E-state index contributed by atoms with van der Waals surface area (Å²) >= 11 is 1.26. The van der Waals surface area contributed by atoms with Crippen molar-refractivity contribution in [2.75, 3.05) is 36.2 Å². The van der Waals surface area contributed by atoms with Gasteiger partial charge in [-0.2, -0.15) is 0 Å². The summed E-state index contributed by atoms with van der Waals surface area (Å²) in [6.07, 6.45) is 3.91. The molecule has 0 spiro atoms. The number of furan rings is 1. The standard InChI is InChI=1S/C22H26N6O5S/c1-15-5-3-9-26(12-15)21-24-25-22(27(21)13-17-6-4-10-33-17)34-14-20(29)23-18-8-7-16(28(30)31)11-19(18)32-2/h4,6-8,10-11,15H,3,5,9,12-14H2,1-2H3,(H,23,29). The van der Waals surface area contributed by atoms with E-state index in [1.807, 2.05) is 16.7 Å². The van der Waals surface area contributed by atoms with Gasteiger partial charge in [-0.15, -0.1) is 10.2 Å². The van der Waals surface area contributed by atoms with E-state index in [4.69, 9.17) is 9.15 Å². The predicted molar refractivity (Wildman–Crippen MR) is 127 cm³/mol. The first-order valence-electron chi connectivity index (χ1n) is 10.9. The lowest BCUT2D eigenvalue weighted by Gasteiger charge is -2.31. The summed E-state index contributed by atoms with van der Waals surface area (Å²) in [4.78, 5) is 25.3. The van der Waals surface area contributed by atoms with Crippen molar-refractivity contribution >= 4 is 35.0 Å². The molecule has 1 N–H and O–H groups in total. The summed E-state index contributed by atoms with van der Waals surface area (Å²) in [5.41, 5.74) is 0.244. The van der Waals surface area contributed by atoms with Crippen molar-refractivity contribution in [3.63, 3.8) is 0 Å². The maximum Gasteiger partial charge on any atom is 0.273 e. The number of rotatable bonds is 9. The summed E-state index contributed by atoms with van der Waals surface area (Å²) in [7, 11) is 1.39. The molecule has 11 nitrogen and oxygen atoms in total. The molecular weight excluding hydrogens is 460 g/mol. The normalized spacial score (nSPS) is 15.8. The zero-order valence-electron chi connectivity index (χ0n) is 19.0. The summed E-state index contributed by atoms with van der Waals surface area (Å²) in [6.45, 7) is 4.50. The second-order valence-electron chi connectivity index (χ2n) is 8.12. The van der Waals surface area contributed by atoms with Gasteiger partial charge in [-0.05, 0) is 37.0 Å². The van der Waals surface area contributed by atoms with Gasteiger partial charge >= 0.3 is 0 Å². The second-order valence-corrected chi connectivity index (χ2v) is 9.06. The number of nitro benzene ring substituents is 1. The van der Waals surface area contributed by atoms with Crippen LogP contribution in [-0.2, 0) is 11.3 Å². The van der Waals surface area contributed by atoms with Gasteiger partial charge in [0.2, 0.25) is 11.9 Å². The number of methoxy groups -OCH3 is 1. The van der Waals surface area contributed by atoms with Gasteiger partial charge < -0.3 is 19.4 Å². The number of nitrogens with one attached hydrogen (secondary N) is 1. The number of carbonyl (C=O) groups excluding carboxylic acids is 1. The molecule has 1 aromatic carbocycles. The van der Waals surface area contributed by atoms with Crippen LogP contribution >= 0.6 is 11.8 Å². The fourth-order valence-corrected chi connectivity index (χ4v) is 4.64. The van der Waals surface area contributed by atoms with E-state index in [0.717, 1.165) is 31.2 Å². The molecule has 0 aliphatic carbocycles. The zero-order chi connectivity index (χ0) is 24.1. The number of anilines is 2. The number of non-ortho nitro benzene ring substituents is 1. The summed E-state index contributed by atoms with van der Waals surface area (Å²) in [6, 6.07) is 7.77. The van der Waals surface area contributed by atoms with Crippen LogP contribution in [0, 0.1) is 16.0 Å². The molecular formula is C22H26N6O5S. The molecule has 34 heavy (non-hydrogen) atoms. The summed E-state index contributed by atoms with van der Waals surface area (Å²) in [5, 5.41) is 23.1. The Bertz CT molecular complexity index is 1150. The quantitative estimate of drug-likeness (QED) is 0.273. The molecule has 2 aromatic heterocycles. The van der Waals surface area contributed by atoms with Crippen LogP contribution in [0.25, 0.3) is 0 Å². The van der Waals surface area contributed by atoms with Gasteiger partial charge in [0.1, 0.15) is 11.5 Å². The minimum Gasteiger partial charge on any atom is -0.494 e. The molecule has 3 heterocycles. The van der Waals surface area contributed by atoms with Crippen LogP contribution in [0.1, 0.15) is 25.5 Å². The minimum atomic E-state index is -0.517. The minimum absolute atomic E-state index is 0.0762. The van der Waals surface area contributed by atoms with Crippen molar-refractivity contribution in [2.24, 2.45) is 5.92 Å². The lowest BCUT2D eigenvalue weighted by Crippen LogP contribution is -2.36. The van der Waals surface area contributed by atoms with Gasteiger partial charge in [0, 0.05) is 19.2 Å². The van der Waals surface area contributed by atoms with Gasteiger partial charge in [-0.25, -0.2) is 0 Å². The molecule has 4 rings (SSSR count). The lowest BCUT2D eigenvalue weighted by molar-refractivity contribution is -0.384. The van der Waals surface area contributed by atoms with Crippen molar-refractivity contribution in [1.29, 1.82) is 0 Å². The third kappa shape index (κ3) is 5.50. The van der Waals surface area contributed by atoms with E-state index >= 15 is 0 Å². The van der Waals surface area contributed by atoms with Crippen molar-refractivity contribution in [1.82, 2.24) is 14.8 Å². The highest BCUT2D eigenvalue weighted by atomic mass is 32.2. The number of ether oxygens (including phenoxy) is 1. The van der Waals surface area contributed by atoms with Crippen molar-refractivity contribution in [2.45, 2.75) is 31.5 Å². The SMILES string of the molecule is COc1cc([N+](=O)[O-])ccc1NC(=O)CSc1nnc(N2CCCC(C)C2)n1Cc1ccco1. The van der Waals surface area contributed by atoms with Crippen LogP contribution in [0.3, 0.4) is 0 Å². The molecule has 3 aromatic rings. The molecule has 1 unspecified atom stereocenters. The number of carbonyl (C=O) groups is 1. The fraction of sp³-hybridized carbons (Fsp3) is 0.409. The molecule has 1 saturated heterocycles. The number of thioether (sulfide) groups is 1. The fourth-order valence-electron chi connectivity index (χ4n) is 3.90. The largest absolute Gasteiger partial charge is 0.494 e. The van der Waals surface area contributed by atoms with Gasteiger partial charge in [0.15, 0.2) is 5.16 Å². The molecule has 0 radical (unpaired) electrons. The lowest BCUT2D eigenvalue weighted by atomic mass is 10.0. The van der Waals surface area contributed by atoms with E-state index in [1.165, 1.54) is 43.5 Å². The van der Waals surface area contributed by atoms with Crippen LogP contribution in [0.5, 0.6) is 5.75 Å². The van der Waals surface area contributed by atoms with Crippen molar-refractivity contribution in [3.8, 4) is 5.75 Å². The third-order valence-corrected chi connectivity index (χ3v) is 6.50. The number of nitro groups is 1. The monoisotopic (exact) mass is 486 g/mol. The second kappa shape index (κ2) is 10.6. The number of hydrogen-bond donors (Lipinski definition) is 1. The Morgan fingerprint density at radius 2 is 2.24 bits per heavy atom. The molecule has 0 saturated carbocycles. The Balaban J connectivity index is 1.48. The number of aromatic nitrogens is 3. The molecule has 180 valence electrons. The van der Waals surface area contributed by atoms with Gasteiger partial charge in [0.25, 0.3) is 5.69 Å². The highest BCUT2D eigenvalue weighted by Gasteiger charge is 2.24. The number of nitrogens with zero attached hydrogens (tertiary/aromatic N) is 5. The first-order chi connectivity index (χ1) is 16.4. The van der Waals surface area contributed by atoms with Crippen LogP contribution in [0.2, 0.25) is 0 Å². The topological polar surface area (TPSA) is 129 Å². The summed E-state index contributed by atoms with van der Waals surface area (Å²) < 4.78 is 12.7. The molecule has 12 heteroatoms. The maximum absolute atomic E-state index is 12.6. The average molecular weight is 487 g/mol. The smallest absolute Gasteiger partial charge is 0.273 e. The van der Waals surface area contributed by atoms with E-state index in [2.05, 4.69) is 27.3 Å². The maximum atomic E-state index is 12.6. The molecule has 1 aliphatic rings. The molecule has 1 amide bonds. The van der Waals surface area contributed by atoms with Gasteiger partial charge in [-0.1, -0.05) is 18.7 Å². The Morgan fingerprint density at radius 1 is 1.38 bits per heavy atom. The average Bonchev–Trinajstić information content (AvgIpc) is 3.48. The highest BCUT2D eigenvalue weighted by Crippen LogP contribution is 2.30. The number of benzene rings is 1. The zero-order valence-corrected chi connectivity index (χ0v) is 19.8. The Hall–Kier alpha value is -3.54. The first kappa shape index (κ1) is 23.6. The van der Waals surface area contributed by atoms with E-state index in [0.29, 0.717) is 23.3 Å². The highest BCUT2D eigenvalue weighted by molar-refractivity contribution is 7.99. The first-order valence-corrected chi connectivity index (χ1v) is 11.9. The Labute approximate surface area is 200 Å². The van der Waals surface area contributed by atoms with E-state index in [-0.39, 0.29) is 23.1 Å². The van der Waals surface area contributed by atoms with Crippen LogP contribution in [0.4, 0.5) is 17.3 Å². The molecule has 0 bridgehead atoms. The molecule has 1 fully saturated rings. The van der Waals surface area contributed by atoms with Gasteiger partial charge in [-0.3, -0.25) is 19.5 Å². The number of piperidine rings is 1. The van der Waals surface area contributed by atoms with E-state index in [1.54, 1.807) is 6.26 Å². The van der Waals surface area contributed by atoms with Crippen molar-refractivity contribution < 1.29 is 18.9 Å². The number of hydrogen-bond acceptors (Lipinski definition) is 9. The third-order valence-electron chi connectivity index (χ3n) is 5.53. The molecule has 1 aliphatic heterocycles. The Morgan fingerprint density at radius 3 is 2.94 bits per heavy atom. The van der Waals surface area contributed by atoms with E-state index in [9.17, 15) is 14.9 Å². The number of amides is 1. The predicted octanol–water partition coefficient (Wildman–Crippen LogP) is 3.80. The van der Waals surface area contributed by atoms with Crippen LogP contribution in [0.15, 0.2) is 46.2 Å². The van der Waals surface area contributed by atoms with Crippen molar-refractivity contribution in [3.05, 3.63) is 52.5 Å². The van der Waals surface area contributed by atoms with Gasteiger partial charge in [0.05, 0.1) is 42.3 Å². The van der Waals surface area contributed by atoms with Crippen LogP contribution < -0.4 is 15.0 Å². The Kier molecular flexibility index (Phi) is 7.36. The summed E-state index contributed by atoms with van der Waals surface area (Å²) in [5.74, 6) is 2.11.